The number of rotatable bonds is 5. The number of aromatic nitrogens is 2. The van der Waals surface area contributed by atoms with Crippen molar-refractivity contribution in [1.29, 1.82) is 0 Å². The summed E-state index contributed by atoms with van der Waals surface area (Å²) in [6, 6.07) is 7.79. The summed E-state index contributed by atoms with van der Waals surface area (Å²) in [5, 5.41) is 0. The predicted octanol–water partition coefficient (Wildman–Crippen LogP) is 2.76. The van der Waals surface area contributed by atoms with Gasteiger partial charge in [0.05, 0.1) is 19.8 Å². The first kappa shape index (κ1) is 15.9. The van der Waals surface area contributed by atoms with E-state index in [1.54, 1.807) is 7.11 Å². The highest BCUT2D eigenvalue weighted by Gasteiger charge is 2.19. The molecule has 0 unspecified atom stereocenters. The number of hydrogen-bond donors (Lipinski definition) is 0. The van der Waals surface area contributed by atoms with E-state index in [0.29, 0.717) is 6.10 Å². The van der Waals surface area contributed by atoms with Gasteiger partial charge in [-0.05, 0) is 30.7 Å². The van der Waals surface area contributed by atoms with Gasteiger partial charge in [0.25, 0.3) is 0 Å². The molecule has 2 aromatic rings. The lowest BCUT2D eigenvalue weighted by Crippen LogP contribution is -2.41. The third kappa shape index (κ3) is 4.06. The molecule has 0 radical (unpaired) electrons. The Balaban J connectivity index is 1.64. The van der Waals surface area contributed by atoms with Crippen molar-refractivity contribution in [2.45, 2.75) is 26.0 Å². The lowest BCUT2D eigenvalue weighted by molar-refractivity contribution is -0.0325. The van der Waals surface area contributed by atoms with Gasteiger partial charge < -0.3 is 9.47 Å². The summed E-state index contributed by atoms with van der Waals surface area (Å²) < 4.78 is 10.9. The minimum absolute atomic E-state index is 0.350. The van der Waals surface area contributed by atoms with Gasteiger partial charge in [-0.3, -0.25) is 4.90 Å². The monoisotopic (exact) mass is 313 g/mol. The SMILES string of the molecule is CC[C@@H]1CN(Cc2cnc(-c3ccc(OC)cc3)nc2)CCO1. The quantitative estimate of drug-likeness (QED) is 0.849. The highest BCUT2D eigenvalue weighted by Crippen LogP contribution is 2.19. The smallest absolute Gasteiger partial charge is 0.159 e. The normalized spacial score (nSPS) is 18.8. The maximum atomic E-state index is 5.71. The van der Waals surface area contributed by atoms with Crippen LogP contribution >= 0.6 is 0 Å². The Bertz CT molecular complexity index is 613. The number of nitrogens with zero attached hydrogens (tertiary/aromatic N) is 3. The summed E-state index contributed by atoms with van der Waals surface area (Å²) in [7, 11) is 1.66. The highest BCUT2D eigenvalue weighted by molar-refractivity contribution is 5.55. The minimum atomic E-state index is 0.350. The summed E-state index contributed by atoms with van der Waals surface area (Å²) in [4.78, 5) is 11.4. The number of morpholine rings is 1. The van der Waals surface area contributed by atoms with Crippen molar-refractivity contribution in [3.63, 3.8) is 0 Å². The van der Waals surface area contributed by atoms with Gasteiger partial charge in [-0.15, -0.1) is 0 Å². The van der Waals surface area contributed by atoms with Crippen LogP contribution in [0.1, 0.15) is 18.9 Å². The van der Waals surface area contributed by atoms with Crippen LogP contribution in [0.25, 0.3) is 11.4 Å². The van der Waals surface area contributed by atoms with E-state index in [0.717, 1.165) is 55.4 Å². The maximum absolute atomic E-state index is 5.71. The minimum Gasteiger partial charge on any atom is -0.497 e. The first-order valence-corrected chi connectivity index (χ1v) is 8.07. The van der Waals surface area contributed by atoms with Gasteiger partial charge in [0.15, 0.2) is 5.82 Å². The lowest BCUT2D eigenvalue weighted by Gasteiger charge is -2.32. The van der Waals surface area contributed by atoms with E-state index in [1.165, 1.54) is 0 Å². The van der Waals surface area contributed by atoms with Crippen LogP contribution in [0, 0.1) is 0 Å². The van der Waals surface area contributed by atoms with Crippen LogP contribution in [0.15, 0.2) is 36.7 Å². The summed E-state index contributed by atoms with van der Waals surface area (Å²) >= 11 is 0. The van der Waals surface area contributed by atoms with Crippen LogP contribution in [0.4, 0.5) is 0 Å². The van der Waals surface area contributed by atoms with Crippen molar-refractivity contribution in [2.75, 3.05) is 26.8 Å². The third-order valence-corrected chi connectivity index (χ3v) is 4.14. The van der Waals surface area contributed by atoms with E-state index in [-0.39, 0.29) is 0 Å². The molecule has 1 aromatic carbocycles. The molecule has 1 aromatic heterocycles. The molecule has 5 heteroatoms. The largest absolute Gasteiger partial charge is 0.497 e. The Morgan fingerprint density at radius 3 is 2.61 bits per heavy atom. The van der Waals surface area contributed by atoms with Crippen molar-refractivity contribution in [3.05, 3.63) is 42.2 Å². The van der Waals surface area contributed by atoms with Crippen LogP contribution < -0.4 is 4.74 Å². The lowest BCUT2D eigenvalue weighted by atomic mass is 10.2. The molecule has 23 heavy (non-hydrogen) atoms. The van der Waals surface area contributed by atoms with Gasteiger partial charge in [0, 0.05) is 43.2 Å². The van der Waals surface area contributed by atoms with Gasteiger partial charge in [0.1, 0.15) is 5.75 Å². The van der Waals surface area contributed by atoms with Crippen molar-refractivity contribution in [3.8, 4) is 17.1 Å². The van der Waals surface area contributed by atoms with Gasteiger partial charge in [0.2, 0.25) is 0 Å². The fourth-order valence-corrected chi connectivity index (χ4v) is 2.75. The van der Waals surface area contributed by atoms with Gasteiger partial charge >= 0.3 is 0 Å². The second kappa shape index (κ2) is 7.53. The van der Waals surface area contributed by atoms with E-state index in [1.807, 2.05) is 36.7 Å². The molecule has 122 valence electrons. The molecule has 0 saturated carbocycles. The van der Waals surface area contributed by atoms with Crippen LogP contribution in [0.2, 0.25) is 0 Å². The van der Waals surface area contributed by atoms with Crippen molar-refractivity contribution in [1.82, 2.24) is 14.9 Å². The molecular formula is C18H23N3O2. The highest BCUT2D eigenvalue weighted by atomic mass is 16.5. The third-order valence-electron chi connectivity index (χ3n) is 4.14. The average Bonchev–Trinajstić information content (AvgIpc) is 2.63. The van der Waals surface area contributed by atoms with Crippen LogP contribution in [0.3, 0.4) is 0 Å². The molecular weight excluding hydrogens is 290 g/mol. The molecule has 2 heterocycles. The first-order valence-electron chi connectivity index (χ1n) is 8.07. The fraction of sp³-hybridized carbons (Fsp3) is 0.444. The number of hydrogen-bond acceptors (Lipinski definition) is 5. The topological polar surface area (TPSA) is 47.5 Å². The predicted molar refractivity (Wildman–Crippen MR) is 89.3 cm³/mol. The Labute approximate surface area is 137 Å². The van der Waals surface area contributed by atoms with Crippen molar-refractivity contribution in [2.24, 2.45) is 0 Å². The molecule has 0 bridgehead atoms. The van der Waals surface area contributed by atoms with Crippen molar-refractivity contribution >= 4 is 0 Å². The van der Waals surface area contributed by atoms with E-state index >= 15 is 0 Å². The molecule has 5 nitrogen and oxygen atoms in total. The average molecular weight is 313 g/mol. The Morgan fingerprint density at radius 1 is 1.22 bits per heavy atom. The molecule has 1 atom stereocenters. The van der Waals surface area contributed by atoms with E-state index in [2.05, 4.69) is 21.8 Å². The molecule has 1 aliphatic heterocycles. The second-order valence-corrected chi connectivity index (χ2v) is 5.78. The molecule has 0 aliphatic carbocycles. The van der Waals surface area contributed by atoms with E-state index in [9.17, 15) is 0 Å². The maximum Gasteiger partial charge on any atom is 0.159 e. The van der Waals surface area contributed by atoms with Gasteiger partial charge in [-0.1, -0.05) is 6.92 Å². The van der Waals surface area contributed by atoms with Crippen molar-refractivity contribution < 1.29 is 9.47 Å². The first-order chi connectivity index (χ1) is 11.3. The van der Waals surface area contributed by atoms with Crippen LogP contribution in [0.5, 0.6) is 5.75 Å². The zero-order valence-corrected chi connectivity index (χ0v) is 13.7. The van der Waals surface area contributed by atoms with E-state index in [4.69, 9.17) is 9.47 Å². The molecule has 0 spiro atoms. The summed E-state index contributed by atoms with van der Waals surface area (Å²) in [6.07, 6.45) is 5.25. The molecule has 0 amide bonds. The fourth-order valence-electron chi connectivity index (χ4n) is 2.75. The summed E-state index contributed by atoms with van der Waals surface area (Å²) in [6.45, 7) is 5.81. The summed E-state index contributed by atoms with van der Waals surface area (Å²) in [5.41, 5.74) is 2.13. The molecule has 1 fully saturated rings. The summed E-state index contributed by atoms with van der Waals surface area (Å²) in [5.74, 6) is 1.58. The van der Waals surface area contributed by atoms with Crippen LogP contribution in [-0.4, -0.2) is 47.8 Å². The number of benzene rings is 1. The standard InChI is InChI=1S/C18H23N3O2/c1-3-16-13-21(8-9-23-16)12-14-10-19-18(20-11-14)15-4-6-17(22-2)7-5-15/h4-7,10-11,16H,3,8-9,12-13H2,1-2H3/t16-/m1/s1. The Hall–Kier alpha value is -1.98. The Kier molecular flexibility index (Phi) is 5.20. The number of ether oxygens (including phenoxy) is 2. The zero-order valence-electron chi connectivity index (χ0n) is 13.7. The molecule has 1 aliphatic rings. The second-order valence-electron chi connectivity index (χ2n) is 5.78. The molecule has 0 N–H and O–H groups in total. The van der Waals surface area contributed by atoms with Gasteiger partial charge in [-0.2, -0.15) is 0 Å². The molecule has 1 saturated heterocycles. The van der Waals surface area contributed by atoms with E-state index < -0.39 is 0 Å². The van der Waals surface area contributed by atoms with Gasteiger partial charge in [-0.25, -0.2) is 9.97 Å². The van der Waals surface area contributed by atoms with Crippen LogP contribution in [-0.2, 0) is 11.3 Å². The number of methoxy groups -OCH3 is 1. The molecule has 3 rings (SSSR count). The zero-order chi connectivity index (χ0) is 16.1. The Morgan fingerprint density at radius 2 is 1.96 bits per heavy atom.